The fourth-order valence-electron chi connectivity index (χ4n) is 3.28. The SMILES string of the molecule is CCCCC(CC)CC1Cc2ccccc2C1O. The van der Waals surface area contributed by atoms with Gasteiger partial charge in [-0.15, -0.1) is 0 Å². The summed E-state index contributed by atoms with van der Waals surface area (Å²) in [5.41, 5.74) is 2.54. The van der Waals surface area contributed by atoms with Crippen LogP contribution in [0.25, 0.3) is 0 Å². The monoisotopic (exact) mass is 246 g/mol. The summed E-state index contributed by atoms with van der Waals surface area (Å²) in [5.74, 6) is 1.24. The predicted octanol–water partition coefficient (Wildman–Crippen LogP) is 4.50. The molecule has 18 heavy (non-hydrogen) atoms. The molecule has 1 aromatic carbocycles. The predicted molar refractivity (Wildman–Crippen MR) is 76.5 cm³/mol. The van der Waals surface area contributed by atoms with Crippen LogP contribution in [-0.2, 0) is 6.42 Å². The maximum Gasteiger partial charge on any atom is 0.0824 e. The Labute approximate surface area is 111 Å². The van der Waals surface area contributed by atoms with E-state index in [1.165, 1.54) is 43.2 Å². The lowest BCUT2D eigenvalue weighted by Crippen LogP contribution is -2.13. The first-order valence-electron chi connectivity index (χ1n) is 7.52. The quantitative estimate of drug-likeness (QED) is 0.783. The van der Waals surface area contributed by atoms with Crippen LogP contribution < -0.4 is 0 Å². The van der Waals surface area contributed by atoms with Crippen LogP contribution in [0.1, 0.15) is 63.2 Å². The second-order valence-corrected chi connectivity index (χ2v) is 5.76. The third-order valence-electron chi connectivity index (χ3n) is 4.48. The lowest BCUT2D eigenvalue weighted by atomic mass is 9.86. The molecule has 0 aliphatic heterocycles. The molecule has 3 unspecified atom stereocenters. The van der Waals surface area contributed by atoms with Crippen molar-refractivity contribution in [2.45, 2.75) is 58.5 Å². The van der Waals surface area contributed by atoms with Crippen molar-refractivity contribution in [2.75, 3.05) is 0 Å². The Morgan fingerprint density at radius 1 is 1.28 bits per heavy atom. The van der Waals surface area contributed by atoms with E-state index in [1.54, 1.807) is 0 Å². The van der Waals surface area contributed by atoms with Gasteiger partial charge in [0.1, 0.15) is 0 Å². The second-order valence-electron chi connectivity index (χ2n) is 5.76. The van der Waals surface area contributed by atoms with Gasteiger partial charge in [0, 0.05) is 0 Å². The Kier molecular flexibility index (Phi) is 4.82. The highest BCUT2D eigenvalue weighted by Crippen LogP contribution is 2.40. The van der Waals surface area contributed by atoms with Crippen molar-refractivity contribution in [1.82, 2.24) is 0 Å². The molecular formula is C17H26O. The highest BCUT2D eigenvalue weighted by molar-refractivity contribution is 5.34. The van der Waals surface area contributed by atoms with Crippen LogP contribution in [0, 0.1) is 11.8 Å². The topological polar surface area (TPSA) is 20.2 Å². The van der Waals surface area contributed by atoms with Gasteiger partial charge in [0.15, 0.2) is 0 Å². The second kappa shape index (κ2) is 6.38. The highest BCUT2D eigenvalue weighted by Gasteiger charge is 2.31. The number of unbranched alkanes of at least 4 members (excludes halogenated alkanes) is 1. The van der Waals surface area contributed by atoms with Gasteiger partial charge >= 0.3 is 0 Å². The molecule has 0 saturated heterocycles. The minimum Gasteiger partial charge on any atom is -0.388 e. The summed E-state index contributed by atoms with van der Waals surface area (Å²) >= 11 is 0. The van der Waals surface area contributed by atoms with Gasteiger partial charge in [-0.3, -0.25) is 0 Å². The minimum absolute atomic E-state index is 0.225. The van der Waals surface area contributed by atoms with Crippen LogP contribution in [0.15, 0.2) is 24.3 Å². The van der Waals surface area contributed by atoms with Gasteiger partial charge in [0.2, 0.25) is 0 Å². The molecule has 1 N–H and O–H groups in total. The van der Waals surface area contributed by atoms with E-state index in [0.29, 0.717) is 5.92 Å². The molecule has 1 heteroatoms. The molecule has 1 aliphatic rings. The average molecular weight is 246 g/mol. The number of hydrogen-bond acceptors (Lipinski definition) is 1. The lowest BCUT2D eigenvalue weighted by Gasteiger charge is -2.21. The largest absolute Gasteiger partial charge is 0.388 e. The van der Waals surface area contributed by atoms with E-state index in [1.807, 2.05) is 6.07 Å². The van der Waals surface area contributed by atoms with Crippen LogP contribution in [0.5, 0.6) is 0 Å². The highest BCUT2D eigenvalue weighted by atomic mass is 16.3. The zero-order chi connectivity index (χ0) is 13.0. The number of hydrogen-bond donors (Lipinski definition) is 1. The molecule has 0 aromatic heterocycles. The molecule has 1 nitrogen and oxygen atoms in total. The van der Waals surface area contributed by atoms with E-state index in [2.05, 4.69) is 32.0 Å². The van der Waals surface area contributed by atoms with Gasteiger partial charge in [-0.25, -0.2) is 0 Å². The summed E-state index contributed by atoms with van der Waals surface area (Å²) in [4.78, 5) is 0. The maximum absolute atomic E-state index is 10.4. The first-order chi connectivity index (χ1) is 8.76. The molecule has 0 amide bonds. The first-order valence-corrected chi connectivity index (χ1v) is 7.52. The van der Waals surface area contributed by atoms with Crippen molar-refractivity contribution in [3.63, 3.8) is 0 Å². The lowest BCUT2D eigenvalue weighted by molar-refractivity contribution is 0.105. The number of benzene rings is 1. The molecule has 100 valence electrons. The van der Waals surface area contributed by atoms with Crippen molar-refractivity contribution in [3.05, 3.63) is 35.4 Å². The van der Waals surface area contributed by atoms with Gasteiger partial charge in [0.25, 0.3) is 0 Å². The molecule has 1 aromatic rings. The van der Waals surface area contributed by atoms with Crippen LogP contribution in [0.3, 0.4) is 0 Å². The van der Waals surface area contributed by atoms with Crippen LogP contribution in [0.2, 0.25) is 0 Å². The standard InChI is InChI=1S/C17H26O/c1-3-5-8-13(4-2)11-15-12-14-9-6-7-10-16(14)17(15)18/h6-7,9-10,13,15,17-18H,3-5,8,11-12H2,1-2H3. The van der Waals surface area contributed by atoms with Gasteiger partial charge < -0.3 is 5.11 Å². The molecule has 0 fully saturated rings. The van der Waals surface area contributed by atoms with Gasteiger partial charge in [-0.05, 0) is 35.8 Å². The van der Waals surface area contributed by atoms with Gasteiger partial charge in [-0.1, -0.05) is 63.8 Å². The number of aliphatic hydroxyl groups is 1. The molecular weight excluding hydrogens is 220 g/mol. The van der Waals surface area contributed by atoms with E-state index in [9.17, 15) is 5.11 Å². The number of fused-ring (bicyclic) bond motifs is 1. The normalized spacial score (nSPS) is 23.9. The third-order valence-corrected chi connectivity index (χ3v) is 4.48. The molecule has 0 saturated carbocycles. The van der Waals surface area contributed by atoms with E-state index in [4.69, 9.17) is 0 Å². The zero-order valence-electron chi connectivity index (χ0n) is 11.7. The van der Waals surface area contributed by atoms with Gasteiger partial charge in [0.05, 0.1) is 6.10 Å². The first kappa shape index (κ1) is 13.6. The Balaban J connectivity index is 1.96. The summed E-state index contributed by atoms with van der Waals surface area (Å²) in [6.45, 7) is 4.54. The molecule has 0 bridgehead atoms. The Morgan fingerprint density at radius 2 is 2.06 bits per heavy atom. The fourth-order valence-corrected chi connectivity index (χ4v) is 3.28. The Bertz CT molecular complexity index is 372. The molecule has 0 heterocycles. The minimum atomic E-state index is -0.225. The third kappa shape index (κ3) is 2.95. The van der Waals surface area contributed by atoms with E-state index >= 15 is 0 Å². The molecule has 2 rings (SSSR count). The van der Waals surface area contributed by atoms with Crippen LogP contribution in [0.4, 0.5) is 0 Å². The molecule has 1 aliphatic carbocycles. The Morgan fingerprint density at radius 3 is 2.72 bits per heavy atom. The summed E-state index contributed by atoms with van der Waals surface area (Å²) in [5, 5.41) is 10.4. The molecule has 0 radical (unpaired) electrons. The van der Waals surface area contributed by atoms with E-state index in [-0.39, 0.29) is 6.10 Å². The van der Waals surface area contributed by atoms with Crippen molar-refractivity contribution in [3.8, 4) is 0 Å². The Hall–Kier alpha value is -0.820. The van der Waals surface area contributed by atoms with Crippen LogP contribution >= 0.6 is 0 Å². The maximum atomic E-state index is 10.4. The molecule has 0 spiro atoms. The average Bonchev–Trinajstić information content (AvgIpc) is 2.72. The molecule has 3 atom stereocenters. The smallest absolute Gasteiger partial charge is 0.0824 e. The summed E-state index contributed by atoms with van der Waals surface area (Å²) in [7, 11) is 0. The summed E-state index contributed by atoms with van der Waals surface area (Å²) in [6.07, 6.45) is 7.22. The van der Waals surface area contributed by atoms with Crippen molar-refractivity contribution in [2.24, 2.45) is 11.8 Å². The van der Waals surface area contributed by atoms with Gasteiger partial charge in [-0.2, -0.15) is 0 Å². The number of aliphatic hydroxyl groups excluding tert-OH is 1. The number of rotatable bonds is 6. The fraction of sp³-hybridized carbons (Fsp3) is 0.647. The zero-order valence-corrected chi connectivity index (χ0v) is 11.7. The van der Waals surface area contributed by atoms with Crippen molar-refractivity contribution in [1.29, 1.82) is 0 Å². The van der Waals surface area contributed by atoms with E-state index in [0.717, 1.165) is 12.3 Å². The van der Waals surface area contributed by atoms with Crippen molar-refractivity contribution < 1.29 is 5.11 Å². The summed E-state index contributed by atoms with van der Waals surface area (Å²) in [6, 6.07) is 8.39. The summed E-state index contributed by atoms with van der Waals surface area (Å²) < 4.78 is 0. The van der Waals surface area contributed by atoms with Crippen molar-refractivity contribution >= 4 is 0 Å². The van der Waals surface area contributed by atoms with Crippen LogP contribution in [-0.4, -0.2) is 5.11 Å². The van der Waals surface area contributed by atoms with E-state index < -0.39 is 0 Å².